The molecule has 0 saturated carbocycles. The van der Waals surface area contributed by atoms with Gasteiger partial charge in [0.1, 0.15) is 11.8 Å². The van der Waals surface area contributed by atoms with Crippen LogP contribution in [0.2, 0.25) is 5.02 Å². The zero-order chi connectivity index (χ0) is 21.0. The molecular formula is C19H21ClN4O4S. The average molecular weight is 437 g/mol. The van der Waals surface area contributed by atoms with E-state index in [9.17, 15) is 14.4 Å². The molecule has 0 radical (unpaired) electrons. The molecule has 8 nitrogen and oxygen atoms in total. The second-order valence-electron chi connectivity index (χ2n) is 6.57. The van der Waals surface area contributed by atoms with E-state index in [1.807, 2.05) is 0 Å². The molecule has 3 amide bonds. The van der Waals surface area contributed by atoms with Crippen molar-refractivity contribution < 1.29 is 18.9 Å². The van der Waals surface area contributed by atoms with Crippen molar-refractivity contribution in [3.63, 3.8) is 0 Å². The molecular weight excluding hydrogens is 416 g/mol. The molecule has 154 valence electrons. The van der Waals surface area contributed by atoms with Crippen LogP contribution < -0.4 is 10.6 Å². The van der Waals surface area contributed by atoms with Gasteiger partial charge in [-0.15, -0.1) is 11.8 Å². The number of anilines is 1. The number of amides is 3. The average Bonchev–Trinajstić information content (AvgIpc) is 3.11. The second kappa shape index (κ2) is 9.32. The van der Waals surface area contributed by atoms with E-state index < -0.39 is 11.3 Å². The molecule has 0 spiro atoms. The third-order valence-electron chi connectivity index (χ3n) is 4.44. The largest absolute Gasteiger partial charge is 0.360 e. The summed E-state index contributed by atoms with van der Waals surface area (Å²) < 4.78 is 4.92. The Bertz CT molecular complexity index is 919. The Morgan fingerprint density at radius 2 is 2.21 bits per heavy atom. The monoisotopic (exact) mass is 436 g/mol. The number of aryl methyl sites for hydroxylation is 1. The Hall–Kier alpha value is -2.52. The number of aromatic nitrogens is 1. The first-order valence-electron chi connectivity index (χ1n) is 9.04. The summed E-state index contributed by atoms with van der Waals surface area (Å²) in [6, 6.07) is 7.80. The Morgan fingerprint density at radius 3 is 2.90 bits per heavy atom. The zero-order valence-electron chi connectivity index (χ0n) is 16.0. The number of hydrogen-bond donors (Lipinski definition) is 2. The number of rotatable bonds is 6. The number of carbonyl (C=O) groups excluding carboxylic acids is 3. The highest BCUT2D eigenvalue weighted by atomic mass is 35.5. The van der Waals surface area contributed by atoms with Crippen LogP contribution >= 0.6 is 23.4 Å². The summed E-state index contributed by atoms with van der Waals surface area (Å²) in [5, 5.41) is 9.07. The fourth-order valence-corrected chi connectivity index (χ4v) is 3.96. The van der Waals surface area contributed by atoms with Crippen LogP contribution in [0.25, 0.3) is 0 Å². The fourth-order valence-electron chi connectivity index (χ4n) is 2.95. The first-order valence-corrected chi connectivity index (χ1v) is 10.5. The molecule has 2 atom stereocenters. The van der Waals surface area contributed by atoms with Gasteiger partial charge in [0.15, 0.2) is 5.82 Å². The van der Waals surface area contributed by atoms with Crippen molar-refractivity contribution in [2.45, 2.75) is 25.1 Å². The van der Waals surface area contributed by atoms with Gasteiger partial charge >= 0.3 is 0 Å². The first-order chi connectivity index (χ1) is 13.9. The molecule has 1 aliphatic heterocycles. The number of carbonyl (C=O) groups is 3. The van der Waals surface area contributed by atoms with E-state index in [0.29, 0.717) is 35.3 Å². The number of halogens is 1. The van der Waals surface area contributed by atoms with Crippen LogP contribution in [0.15, 0.2) is 34.9 Å². The van der Waals surface area contributed by atoms with Crippen LogP contribution in [-0.2, 0) is 14.4 Å². The van der Waals surface area contributed by atoms with Crippen molar-refractivity contribution in [2.24, 2.45) is 0 Å². The van der Waals surface area contributed by atoms with Gasteiger partial charge in [-0.3, -0.25) is 14.4 Å². The smallest absolute Gasteiger partial charge is 0.247 e. The SMILES string of the molecule is Cc1cc(NC(=O)[C@H](C)SCC(=O)N2CCNC(=O)[C@@H]2c2ccccc2Cl)no1. The molecule has 2 heterocycles. The maximum atomic E-state index is 12.9. The van der Waals surface area contributed by atoms with Crippen LogP contribution in [0.1, 0.15) is 24.3 Å². The van der Waals surface area contributed by atoms with Crippen LogP contribution in [0.5, 0.6) is 0 Å². The van der Waals surface area contributed by atoms with E-state index in [1.165, 1.54) is 16.7 Å². The second-order valence-corrected chi connectivity index (χ2v) is 8.30. The van der Waals surface area contributed by atoms with Crippen molar-refractivity contribution in [2.75, 3.05) is 24.2 Å². The predicted octanol–water partition coefficient (Wildman–Crippen LogP) is 2.40. The van der Waals surface area contributed by atoms with Crippen molar-refractivity contribution in [3.8, 4) is 0 Å². The summed E-state index contributed by atoms with van der Waals surface area (Å²) in [6.07, 6.45) is 0. The lowest BCUT2D eigenvalue weighted by molar-refractivity contribution is -0.141. The van der Waals surface area contributed by atoms with Gasteiger partial charge in [0.2, 0.25) is 17.7 Å². The molecule has 3 rings (SSSR count). The maximum absolute atomic E-state index is 12.9. The maximum Gasteiger partial charge on any atom is 0.247 e. The van der Waals surface area contributed by atoms with E-state index in [1.54, 1.807) is 44.2 Å². The Morgan fingerprint density at radius 1 is 1.45 bits per heavy atom. The molecule has 0 bridgehead atoms. The molecule has 1 aliphatic rings. The fraction of sp³-hybridized carbons (Fsp3) is 0.368. The van der Waals surface area contributed by atoms with E-state index >= 15 is 0 Å². The van der Waals surface area contributed by atoms with E-state index in [4.69, 9.17) is 16.1 Å². The first kappa shape index (κ1) is 21.2. The summed E-state index contributed by atoms with van der Waals surface area (Å²) >= 11 is 7.44. The number of nitrogens with zero attached hydrogens (tertiary/aromatic N) is 2. The lowest BCUT2D eigenvalue weighted by atomic mass is 10.0. The molecule has 29 heavy (non-hydrogen) atoms. The molecule has 2 aromatic rings. The highest BCUT2D eigenvalue weighted by Gasteiger charge is 2.35. The van der Waals surface area contributed by atoms with Crippen LogP contribution in [0.3, 0.4) is 0 Å². The zero-order valence-corrected chi connectivity index (χ0v) is 17.5. The van der Waals surface area contributed by atoms with Crippen LogP contribution in [0.4, 0.5) is 5.82 Å². The van der Waals surface area contributed by atoms with Crippen molar-refractivity contribution in [1.29, 1.82) is 0 Å². The van der Waals surface area contributed by atoms with E-state index in [0.717, 1.165) is 0 Å². The van der Waals surface area contributed by atoms with Crippen molar-refractivity contribution in [1.82, 2.24) is 15.4 Å². The Balaban J connectivity index is 1.63. The lowest BCUT2D eigenvalue weighted by Gasteiger charge is -2.35. The molecule has 1 saturated heterocycles. The quantitative estimate of drug-likeness (QED) is 0.720. The molecule has 1 aromatic heterocycles. The number of piperazine rings is 1. The van der Waals surface area contributed by atoms with Gasteiger partial charge in [-0.25, -0.2) is 0 Å². The molecule has 10 heteroatoms. The van der Waals surface area contributed by atoms with Gasteiger partial charge in [-0.1, -0.05) is 35.0 Å². The summed E-state index contributed by atoms with van der Waals surface area (Å²) in [7, 11) is 0. The van der Waals surface area contributed by atoms with E-state index in [-0.39, 0.29) is 23.5 Å². The van der Waals surface area contributed by atoms with Crippen LogP contribution in [0, 0.1) is 6.92 Å². The minimum absolute atomic E-state index is 0.0562. The van der Waals surface area contributed by atoms with E-state index in [2.05, 4.69) is 15.8 Å². The van der Waals surface area contributed by atoms with Gasteiger partial charge in [0.05, 0.1) is 11.0 Å². The number of nitrogens with one attached hydrogen (secondary N) is 2. The predicted molar refractivity (Wildman–Crippen MR) is 111 cm³/mol. The van der Waals surface area contributed by atoms with Gasteiger partial charge in [-0.05, 0) is 19.9 Å². The van der Waals surface area contributed by atoms with Gasteiger partial charge in [-0.2, -0.15) is 0 Å². The summed E-state index contributed by atoms with van der Waals surface area (Å²) in [5.74, 6) is 0.194. The lowest BCUT2D eigenvalue weighted by Crippen LogP contribution is -2.52. The minimum Gasteiger partial charge on any atom is -0.360 e. The summed E-state index contributed by atoms with van der Waals surface area (Å²) in [5.41, 5.74) is 0.580. The number of thioether (sulfide) groups is 1. The van der Waals surface area contributed by atoms with Gasteiger partial charge in [0.25, 0.3) is 0 Å². The third-order valence-corrected chi connectivity index (χ3v) is 5.91. The van der Waals surface area contributed by atoms with Crippen LogP contribution in [-0.4, -0.2) is 51.9 Å². The molecule has 1 aromatic carbocycles. The molecule has 2 N–H and O–H groups in total. The third kappa shape index (κ3) is 5.10. The highest BCUT2D eigenvalue weighted by molar-refractivity contribution is 8.01. The summed E-state index contributed by atoms with van der Waals surface area (Å²) in [6.45, 7) is 4.18. The Labute approximate surface area is 177 Å². The number of benzene rings is 1. The molecule has 1 fully saturated rings. The normalized spacial score (nSPS) is 17.6. The standard InChI is InChI=1S/C19H21ClN4O4S/c1-11-9-15(23-28-11)22-18(26)12(2)29-10-16(25)24-8-7-21-19(27)17(24)13-5-3-4-6-14(13)20/h3-6,9,12,17H,7-8,10H2,1-2H3,(H,21,27)(H,22,23,26)/t12-,17-/m0/s1. The van der Waals surface area contributed by atoms with Gasteiger partial charge < -0.3 is 20.1 Å². The molecule has 0 unspecified atom stereocenters. The van der Waals surface area contributed by atoms with Crippen molar-refractivity contribution in [3.05, 3.63) is 46.7 Å². The van der Waals surface area contributed by atoms with Gasteiger partial charge in [0, 0.05) is 29.7 Å². The highest BCUT2D eigenvalue weighted by Crippen LogP contribution is 2.30. The Kier molecular flexibility index (Phi) is 6.81. The van der Waals surface area contributed by atoms with Crippen molar-refractivity contribution >= 4 is 46.9 Å². The number of hydrogen-bond acceptors (Lipinski definition) is 6. The topological polar surface area (TPSA) is 105 Å². The summed E-state index contributed by atoms with van der Waals surface area (Å²) in [4.78, 5) is 39.1. The minimum atomic E-state index is -0.784. The molecule has 0 aliphatic carbocycles.